The molecule has 2 fully saturated rings. The lowest BCUT2D eigenvalue weighted by molar-refractivity contribution is 0.00578. The van der Waals surface area contributed by atoms with Crippen LogP contribution in [0.3, 0.4) is 0 Å². The van der Waals surface area contributed by atoms with Gasteiger partial charge in [-0.2, -0.15) is 10.2 Å². The highest BCUT2D eigenvalue weighted by atomic mass is 79.9. The third-order valence-electron chi connectivity index (χ3n) is 7.89. The summed E-state index contributed by atoms with van der Waals surface area (Å²) >= 11 is 3.27. The fourth-order valence-electron chi connectivity index (χ4n) is 3.86. The van der Waals surface area contributed by atoms with Crippen molar-refractivity contribution in [3.05, 3.63) is 42.9 Å². The Labute approximate surface area is 294 Å². The fourth-order valence-corrected chi connectivity index (χ4v) is 3.86. The van der Waals surface area contributed by atoms with Gasteiger partial charge in [0.1, 0.15) is 0 Å². The molecule has 0 bridgehead atoms. The monoisotopic (exact) mass is 721 g/mol. The number of nitrogens with zero attached hydrogens (tertiary/aromatic N) is 5. The molecule has 3 aliphatic heterocycles. The number of hydrogen-bond acceptors (Lipinski definition) is 8. The molecular formula is C34H62B2BrN5O5. The van der Waals surface area contributed by atoms with Crippen molar-refractivity contribution in [1.82, 2.24) is 19.6 Å². The van der Waals surface area contributed by atoms with Crippen molar-refractivity contribution < 1.29 is 23.3 Å². The van der Waals surface area contributed by atoms with Crippen LogP contribution in [-0.4, -0.2) is 80.1 Å². The maximum Gasteiger partial charge on any atom is 0.640 e. The fraction of sp³-hybridized carbons (Fsp3) is 0.735. The molecule has 13 heteroatoms. The van der Waals surface area contributed by atoms with Crippen LogP contribution >= 0.6 is 15.9 Å². The van der Waals surface area contributed by atoms with Crippen molar-refractivity contribution >= 4 is 42.2 Å². The zero-order valence-corrected chi connectivity index (χ0v) is 33.5. The van der Waals surface area contributed by atoms with E-state index >= 15 is 0 Å². The van der Waals surface area contributed by atoms with Gasteiger partial charge in [0.2, 0.25) is 0 Å². The summed E-state index contributed by atoms with van der Waals surface area (Å²) in [6, 6.07) is 4.69. The van der Waals surface area contributed by atoms with Gasteiger partial charge in [-0.25, -0.2) is 0 Å². The van der Waals surface area contributed by atoms with Crippen LogP contribution in [0.25, 0.3) is 0 Å². The number of rotatable bonds is 5. The van der Waals surface area contributed by atoms with Crippen molar-refractivity contribution in [2.45, 2.75) is 156 Å². The predicted octanol–water partition coefficient (Wildman–Crippen LogP) is 7.64. The van der Waals surface area contributed by atoms with Gasteiger partial charge >= 0.3 is 14.4 Å². The van der Waals surface area contributed by atoms with E-state index < -0.39 is 7.32 Å². The molecule has 2 saturated heterocycles. The van der Waals surface area contributed by atoms with E-state index in [2.05, 4.69) is 100 Å². The van der Waals surface area contributed by atoms with E-state index in [1.54, 1.807) is 18.6 Å². The summed E-state index contributed by atoms with van der Waals surface area (Å²) in [6.45, 7) is 33.7. The molecule has 0 amide bonds. The van der Waals surface area contributed by atoms with Crippen molar-refractivity contribution in [1.29, 1.82) is 0 Å². The van der Waals surface area contributed by atoms with Crippen LogP contribution in [0.2, 0.25) is 0 Å². The highest BCUT2D eigenvalue weighted by Gasteiger charge is 2.54. The SMILES string of the molecule is C1=CCN=C1.CC(C)Br.CC(C)OB1OC(C)(C)C(C)(C)O1.CC(C)n1cccn1.CC(C)n1nccc1B1OC(C)(C)C(C)(C)O1. The number of aliphatic imine (C=N–C) groups is 1. The standard InChI is InChI=1S/C12H21BN2O2.C9H19BO3.C6H10N2.C4H5N.C3H7Br/c1-9(2)15-10(7-8-14-15)13-16-11(3,4)12(5,6)17-13;1-7(2)11-10-12-8(3,4)9(5,6)13-10;1-6(2)8-5-3-4-7-8;1-2-4-5-3-1;1-3(2)4/h7-9H,1-6H3;7H,1-6H3;3-6H,1-2H3;1-3H,4H2;3H,1-2H3. The van der Waals surface area contributed by atoms with Gasteiger partial charge < -0.3 is 23.3 Å². The average molecular weight is 722 g/mol. The normalized spacial score (nSPS) is 19.6. The number of aromatic nitrogens is 4. The molecule has 2 aromatic heterocycles. The lowest BCUT2D eigenvalue weighted by Gasteiger charge is -2.32. The number of alkyl halides is 1. The Morgan fingerprint density at radius 2 is 1.28 bits per heavy atom. The molecule has 2 aromatic rings. The van der Waals surface area contributed by atoms with Gasteiger partial charge in [-0.15, -0.1) is 0 Å². The van der Waals surface area contributed by atoms with Gasteiger partial charge in [0.05, 0.1) is 34.5 Å². The molecule has 10 nitrogen and oxygen atoms in total. The second-order valence-corrected chi connectivity index (χ2v) is 16.5. The molecule has 3 aliphatic rings. The highest BCUT2D eigenvalue weighted by Crippen LogP contribution is 2.37. The van der Waals surface area contributed by atoms with E-state index in [4.69, 9.17) is 23.3 Å². The van der Waals surface area contributed by atoms with E-state index in [0.717, 1.165) is 12.1 Å². The van der Waals surface area contributed by atoms with E-state index in [9.17, 15) is 0 Å². The Morgan fingerprint density at radius 3 is 1.60 bits per heavy atom. The minimum absolute atomic E-state index is 0.120. The molecule has 0 N–H and O–H groups in total. The molecule has 266 valence electrons. The van der Waals surface area contributed by atoms with Gasteiger partial charge in [0, 0.05) is 47.8 Å². The van der Waals surface area contributed by atoms with Gasteiger partial charge in [0.15, 0.2) is 0 Å². The number of halogens is 1. The Kier molecular flexibility index (Phi) is 17.4. The molecule has 5 heterocycles. The smallest absolute Gasteiger partial charge is 0.398 e. The van der Waals surface area contributed by atoms with Crippen LogP contribution in [0.1, 0.15) is 123 Å². The lowest BCUT2D eigenvalue weighted by Crippen LogP contribution is -2.41. The Bertz CT molecular complexity index is 1170. The molecule has 5 rings (SSSR count). The highest BCUT2D eigenvalue weighted by molar-refractivity contribution is 9.09. The van der Waals surface area contributed by atoms with Crippen molar-refractivity contribution in [2.24, 2.45) is 4.99 Å². The Morgan fingerprint density at radius 1 is 0.766 bits per heavy atom. The van der Waals surface area contributed by atoms with Gasteiger partial charge in [-0.3, -0.25) is 14.4 Å². The zero-order chi connectivity index (χ0) is 36.2. The molecule has 0 saturated carbocycles. The minimum atomic E-state index is -0.523. The molecular weight excluding hydrogens is 660 g/mol. The van der Waals surface area contributed by atoms with E-state index in [1.807, 2.05) is 81.4 Å². The summed E-state index contributed by atoms with van der Waals surface area (Å²) in [5.74, 6) is 0. The van der Waals surface area contributed by atoms with Crippen LogP contribution in [0.4, 0.5) is 0 Å². The molecule has 0 radical (unpaired) electrons. The van der Waals surface area contributed by atoms with Gasteiger partial charge in [-0.05, 0) is 115 Å². The van der Waals surface area contributed by atoms with Gasteiger partial charge in [-0.1, -0.05) is 35.9 Å². The van der Waals surface area contributed by atoms with Crippen LogP contribution in [0, 0.1) is 0 Å². The molecule has 0 atom stereocenters. The summed E-state index contributed by atoms with van der Waals surface area (Å²) in [7, 11) is -0.852. The first-order valence-electron chi connectivity index (χ1n) is 16.7. The second kappa shape index (κ2) is 18.9. The molecule has 0 aromatic carbocycles. The molecule has 47 heavy (non-hydrogen) atoms. The largest absolute Gasteiger partial charge is 0.640 e. The third kappa shape index (κ3) is 14.3. The summed E-state index contributed by atoms with van der Waals surface area (Å²) in [5, 5.41) is 8.34. The van der Waals surface area contributed by atoms with Crippen molar-refractivity contribution in [3.8, 4) is 0 Å². The summed E-state index contributed by atoms with van der Waals surface area (Å²) in [4.78, 5) is 4.49. The number of hydrogen-bond donors (Lipinski definition) is 0. The zero-order valence-electron chi connectivity index (χ0n) is 31.9. The lowest BCUT2D eigenvalue weighted by atomic mass is 9.84. The van der Waals surface area contributed by atoms with Crippen molar-refractivity contribution in [3.63, 3.8) is 0 Å². The third-order valence-corrected chi connectivity index (χ3v) is 7.89. The van der Waals surface area contributed by atoms with E-state index in [0.29, 0.717) is 16.9 Å². The van der Waals surface area contributed by atoms with E-state index in [1.165, 1.54) is 0 Å². The average Bonchev–Trinajstić information content (AvgIpc) is 3.73. The first kappa shape index (κ1) is 43.3. The number of allylic oxidation sites excluding steroid dienone is 1. The van der Waals surface area contributed by atoms with Crippen LogP contribution in [0.5, 0.6) is 0 Å². The maximum atomic E-state index is 6.02. The summed E-state index contributed by atoms with van der Waals surface area (Å²) < 4.78 is 32.6. The van der Waals surface area contributed by atoms with Crippen molar-refractivity contribution in [2.75, 3.05) is 6.54 Å². The maximum absolute atomic E-state index is 6.02. The van der Waals surface area contributed by atoms with E-state index in [-0.39, 0.29) is 35.6 Å². The molecule has 0 spiro atoms. The first-order valence-corrected chi connectivity index (χ1v) is 17.6. The minimum Gasteiger partial charge on any atom is -0.398 e. The quantitative estimate of drug-likeness (QED) is 0.231. The van der Waals surface area contributed by atoms with Crippen LogP contribution in [-0.2, 0) is 23.3 Å². The second-order valence-electron chi connectivity index (χ2n) is 14.6. The van der Waals surface area contributed by atoms with Crippen LogP contribution < -0.4 is 5.59 Å². The Balaban J connectivity index is 0.000000323. The Hall–Kier alpha value is -1.76. The van der Waals surface area contributed by atoms with Gasteiger partial charge in [0.25, 0.3) is 0 Å². The molecule has 0 unspecified atom stereocenters. The molecule has 0 aliphatic carbocycles. The topological polar surface area (TPSA) is 94.2 Å². The first-order chi connectivity index (χ1) is 21.5. The summed E-state index contributed by atoms with van der Waals surface area (Å²) in [6.07, 6.45) is 11.4. The van der Waals surface area contributed by atoms with Crippen LogP contribution in [0.15, 0.2) is 47.9 Å². The predicted molar refractivity (Wildman–Crippen MR) is 200 cm³/mol. The summed E-state index contributed by atoms with van der Waals surface area (Å²) in [5.41, 5.74) is -0.217.